The molecule has 1 aliphatic rings. The molecule has 1 aliphatic heterocycles. The number of nitriles is 1. The number of hydrogen-bond donors (Lipinski definition) is 0. The zero-order chi connectivity index (χ0) is 15.1. The van der Waals surface area contributed by atoms with E-state index in [2.05, 4.69) is 27.8 Å². The van der Waals surface area contributed by atoms with Gasteiger partial charge in [0.15, 0.2) is 0 Å². The summed E-state index contributed by atoms with van der Waals surface area (Å²) in [7, 11) is 0. The fraction of sp³-hybridized carbons (Fsp3) is 0.625. The second-order valence-electron chi connectivity index (χ2n) is 5.23. The van der Waals surface area contributed by atoms with Crippen molar-refractivity contribution >= 4 is 5.82 Å². The molecule has 1 aromatic heterocycles. The monoisotopic (exact) mass is 288 g/mol. The lowest BCUT2D eigenvalue weighted by atomic mass is 10.1. The molecule has 1 saturated heterocycles. The molecule has 1 fully saturated rings. The van der Waals surface area contributed by atoms with Gasteiger partial charge in [0, 0.05) is 45.0 Å². The molecule has 5 heteroatoms. The molecular weight excluding hydrogens is 264 g/mol. The lowest BCUT2D eigenvalue weighted by Crippen LogP contribution is -2.54. The van der Waals surface area contributed by atoms with Gasteiger partial charge in [-0.25, -0.2) is 4.98 Å². The molecule has 2 heterocycles. The first kappa shape index (κ1) is 15.7. The molecular formula is C16H24N4O. The Kier molecular flexibility index (Phi) is 5.97. The molecule has 1 unspecified atom stereocenters. The van der Waals surface area contributed by atoms with Crippen LogP contribution in [0.25, 0.3) is 0 Å². The molecule has 0 aliphatic carbocycles. The van der Waals surface area contributed by atoms with E-state index in [1.54, 1.807) is 6.20 Å². The summed E-state index contributed by atoms with van der Waals surface area (Å²) in [5, 5.41) is 9.22. The summed E-state index contributed by atoms with van der Waals surface area (Å²) in [6.07, 6.45) is 2.86. The maximum absolute atomic E-state index is 9.22. The number of nitrogens with zero attached hydrogens (tertiary/aromatic N) is 4. The van der Waals surface area contributed by atoms with Crippen molar-refractivity contribution in [2.45, 2.75) is 26.3 Å². The van der Waals surface area contributed by atoms with Crippen LogP contribution in [0.15, 0.2) is 18.3 Å². The summed E-state index contributed by atoms with van der Waals surface area (Å²) in [6.45, 7) is 9.62. The molecule has 2 rings (SSSR count). The first-order valence-electron chi connectivity index (χ1n) is 7.72. The van der Waals surface area contributed by atoms with E-state index in [-0.39, 0.29) is 0 Å². The molecule has 0 N–H and O–H groups in total. The Balaban J connectivity index is 2.02. The van der Waals surface area contributed by atoms with Crippen molar-refractivity contribution in [2.75, 3.05) is 44.3 Å². The fourth-order valence-electron chi connectivity index (χ4n) is 2.83. The van der Waals surface area contributed by atoms with E-state index in [9.17, 15) is 5.26 Å². The second-order valence-corrected chi connectivity index (χ2v) is 5.23. The molecule has 21 heavy (non-hydrogen) atoms. The van der Waals surface area contributed by atoms with Crippen LogP contribution < -0.4 is 4.90 Å². The normalized spacial score (nSPS) is 19.5. The van der Waals surface area contributed by atoms with Gasteiger partial charge in [0.2, 0.25) is 0 Å². The smallest absolute Gasteiger partial charge is 0.146 e. The average Bonchev–Trinajstić information content (AvgIpc) is 2.55. The van der Waals surface area contributed by atoms with Gasteiger partial charge in [0.05, 0.1) is 12.2 Å². The molecule has 0 saturated carbocycles. The summed E-state index contributed by atoms with van der Waals surface area (Å²) in [5.41, 5.74) is 0.662. The molecule has 0 radical (unpaired) electrons. The fourth-order valence-corrected chi connectivity index (χ4v) is 2.83. The standard InChI is InChI=1S/C16H24N4O/c1-3-15-13-20(9-8-19(15)10-11-21-4-2)16-14(12-17)6-5-7-18-16/h5-7,15H,3-4,8-11,13H2,1-2H3. The molecule has 0 bridgehead atoms. The van der Waals surface area contributed by atoms with Crippen molar-refractivity contribution in [2.24, 2.45) is 0 Å². The van der Waals surface area contributed by atoms with E-state index in [0.29, 0.717) is 11.6 Å². The molecule has 114 valence electrons. The van der Waals surface area contributed by atoms with Crippen LogP contribution in [0.3, 0.4) is 0 Å². The number of ether oxygens (including phenoxy) is 1. The van der Waals surface area contributed by atoms with Gasteiger partial charge in [-0.2, -0.15) is 5.26 Å². The molecule has 0 spiro atoms. The number of pyridine rings is 1. The van der Waals surface area contributed by atoms with Gasteiger partial charge in [0.1, 0.15) is 11.9 Å². The Morgan fingerprint density at radius 2 is 2.29 bits per heavy atom. The van der Waals surface area contributed by atoms with Crippen LogP contribution in [-0.2, 0) is 4.74 Å². The summed E-state index contributed by atoms with van der Waals surface area (Å²) in [4.78, 5) is 9.13. The Hall–Kier alpha value is -1.64. The Morgan fingerprint density at radius 3 is 3.00 bits per heavy atom. The van der Waals surface area contributed by atoms with Crippen LogP contribution in [0.4, 0.5) is 5.82 Å². The van der Waals surface area contributed by atoms with Gasteiger partial charge in [-0.3, -0.25) is 4.90 Å². The van der Waals surface area contributed by atoms with E-state index in [4.69, 9.17) is 4.74 Å². The van der Waals surface area contributed by atoms with Crippen LogP contribution in [0.1, 0.15) is 25.8 Å². The van der Waals surface area contributed by atoms with Crippen molar-refractivity contribution in [3.8, 4) is 6.07 Å². The van der Waals surface area contributed by atoms with Crippen molar-refractivity contribution in [3.05, 3.63) is 23.9 Å². The Morgan fingerprint density at radius 1 is 1.43 bits per heavy atom. The summed E-state index contributed by atoms with van der Waals surface area (Å²) < 4.78 is 5.47. The first-order chi connectivity index (χ1) is 10.3. The lowest BCUT2D eigenvalue weighted by Gasteiger charge is -2.41. The van der Waals surface area contributed by atoms with Crippen LogP contribution in [-0.4, -0.2) is 55.3 Å². The zero-order valence-corrected chi connectivity index (χ0v) is 13.0. The van der Waals surface area contributed by atoms with E-state index in [1.165, 1.54) is 0 Å². The van der Waals surface area contributed by atoms with Crippen molar-refractivity contribution < 1.29 is 4.74 Å². The van der Waals surface area contributed by atoms with E-state index in [1.807, 2.05) is 19.1 Å². The van der Waals surface area contributed by atoms with Crippen molar-refractivity contribution in [3.63, 3.8) is 0 Å². The molecule has 5 nitrogen and oxygen atoms in total. The third-order valence-electron chi connectivity index (χ3n) is 4.01. The minimum Gasteiger partial charge on any atom is -0.380 e. The van der Waals surface area contributed by atoms with E-state index in [0.717, 1.165) is 51.6 Å². The predicted molar refractivity (Wildman–Crippen MR) is 83.3 cm³/mol. The van der Waals surface area contributed by atoms with Crippen LogP contribution in [0, 0.1) is 11.3 Å². The highest BCUT2D eigenvalue weighted by Gasteiger charge is 2.27. The lowest BCUT2D eigenvalue weighted by molar-refractivity contribution is 0.0869. The highest BCUT2D eigenvalue weighted by atomic mass is 16.5. The van der Waals surface area contributed by atoms with Gasteiger partial charge in [-0.1, -0.05) is 6.92 Å². The van der Waals surface area contributed by atoms with Gasteiger partial charge >= 0.3 is 0 Å². The minimum absolute atomic E-state index is 0.493. The SMILES string of the molecule is CCOCCN1CCN(c2ncccc2C#N)CC1CC. The van der Waals surface area contributed by atoms with Gasteiger partial charge in [-0.15, -0.1) is 0 Å². The summed E-state index contributed by atoms with van der Waals surface area (Å²) >= 11 is 0. The summed E-state index contributed by atoms with van der Waals surface area (Å²) in [6, 6.07) is 6.39. The van der Waals surface area contributed by atoms with E-state index >= 15 is 0 Å². The van der Waals surface area contributed by atoms with Gasteiger partial charge in [0.25, 0.3) is 0 Å². The largest absolute Gasteiger partial charge is 0.380 e. The number of hydrogen-bond acceptors (Lipinski definition) is 5. The third kappa shape index (κ3) is 3.93. The van der Waals surface area contributed by atoms with Crippen LogP contribution in [0.5, 0.6) is 0 Å². The number of anilines is 1. The maximum Gasteiger partial charge on any atom is 0.146 e. The van der Waals surface area contributed by atoms with Crippen LogP contribution in [0.2, 0.25) is 0 Å². The molecule has 0 aromatic carbocycles. The number of piperazine rings is 1. The summed E-state index contributed by atoms with van der Waals surface area (Å²) in [5.74, 6) is 0.822. The minimum atomic E-state index is 0.493. The molecule has 1 aromatic rings. The van der Waals surface area contributed by atoms with Crippen LogP contribution >= 0.6 is 0 Å². The first-order valence-corrected chi connectivity index (χ1v) is 7.72. The highest BCUT2D eigenvalue weighted by molar-refractivity contribution is 5.53. The van der Waals surface area contributed by atoms with Crippen molar-refractivity contribution in [1.29, 1.82) is 5.26 Å². The molecule has 0 amide bonds. The zero-order valence-electron chi connectivity index (χ0n) is 13.0. The quantitative estimate of drug-likeness (QED) is 0.748. The van der Waals surface area contributed by atoms with Crippen molar-refractivity contribution in [1.82, 2.24) is 9.88 Å². The topological polar surface area (TPSA) is 52.4 Å². The Bertz CT molecular complexity index is 485. The van der Waals surface area contributed by atoms with Gasteiger partial charge in [-0.05, 0) is 25.5 Å². The van der Waals surface area contributed by atoms with E-state index < -0.39 is 0 Å². The predicted octanol–water partition coefficient (Wildman–Crippen LogP) is 1.89. The molecule has 1 atom stereocenters. The second kappa shape index (κ2) is 7.96. The number of aromatic nitrogens is 1. The average molecular weight is 288 g/mol. The Labute approximate surface area is 127 Å². The highest BCUT2D eigenvalue weighted by Crippen LogP contribution is 2.21. The van der Waals surface area contributed by atoms with Gasteiger partial charge < -0.3 is 9.64 Å². The number of rotatable bonds is 6. The third-order valence-corrected chi connectivity index (χ3v) is 4.01. The maximum atomic E-state index is 9.22.